The van der Waals surface area contributed by atoms with E-state index in [2.05, 4.69) is 28.5 Å². The summed E-state index contributed by atoms with van der Waals surface area (Å²) in [5.74, 6) is -1.50. The van der Waals surface area contributed by atoms with Gasteiger partial charge in [-0.2, -0.15) is 0 Å². The highest BCUT2D eigenvalue weighted by atomic mass is 16.4. The number of benzene rings is 1. The topological polar surface area (TPSA) is 95.3 Å². The van der Waals surface area contributed by atoms with Crippen molar-refractivity contribution in [3.05, 3.63) is 59.0 Å². The zero-order chi connectivity index (χ0) is 20.9. The summed E-state index contributed by atoms with van der Waals surface area (Å²) >= 11 is 0. The van der Waals surface area contributed by atoms with Crippen LogP contribution in [-0.4, -0.2) is 32.7 Å². The molecule has 1 aliphatic rings. The Kier molecular flexibility index (Phi) is 6.12. The Morgan fingerprint density at radius 2 is 1.83 bits per heavy atom. The lowest BCUT2D eigenvalue weighted by Crippen LogP contribution is -2.09. The molecule has 1 aliphatic carbocycles. The molecule has 3 aromatic rings. The molecule has 0 saturated carbocycles. The van der Waals surface area contributed by atoms with Crippen molar-refractivity contribution in [2.75, 3.05) is 11.9 Å². The number of carbonyl (C=O) groups is 1. The van der Waals surface area contributed by atoms with Gasteiger partial charge < -0.3 is 15.5 Å². The van der Waals surface area contributed by atoms with E-state index in [1.54, 1.807) is 6.07 Å². The standard InChI is InChI=1S/C24H27N3O3/c28-21-14-13-16(26-23(21)24(29)30)8-6-7-15-25-22-17-9-2-1-3-11-19(17)27-20-12-5-4-10-18(20)22/h4-5,10,12-14,28H,1-3,6-9,11,15H2,(H,25,27)(H,29,30). The van der Waals surface area contributed by atoms with Gasteiger partial charge >= 0.3 is 5.97 Å². The van der Waals surface area contributed by atoms with Crippen molar-refractivity contribution in [2.24, 2.45) is 0 Å². The first kappa shape index (κ1) is 20.1. The van der Waals surface area contributed by atoms with Gasteiger partial charge in [0.2, 0.25) is 0 Å². The van der Waals surface area contributed by atoms with Gasteiger partial charge in [0.05, 0.1) is 5.52 Å². The predicted octanol–water partition coefficient (Wildman–Crippen LogP) is 4.74. The van der Waals surface area contributed by atoms with Gasteiger partial charge in [-0.15, -0.1) is 0 Å². The van der Waals surface area contributed by atoms with Gasteiger partial charge in [0, 0.05) is 29.0 Å². The number of carboxylic acids is 1. The number of aryl methyl sites for hydroxylation is 2. The molecule has 4 rings (SSSR count). The molecular weight excluding hydrogens is 378 g/mol. The Morgan fingerprint density at radius 3 is 2.70 bits per heavy atom. The molecule has 156 valence electrons. The lowest BCUT2D eigenvalue weighted by atomic mass is 10.0. The molecule has 3 N–H and O–H groups in total. The van der Waals surface area contributed by atoms with E-state index < -0.39 is 5.97 Å². The summed E-state index contributed by atoms with van der Waals surface area (Å²) in [6.45, 7) is 0.838. The van der Waals surface area contributed by atoms with E-state index in [4.69, 9.17) is 10.1 Å². The number of nitrogens with one attached hydrogen (secondary N) is 1. The Balaban J connectivity index is 1.42. The van der Waals surface area contributed by atoms with E-state index in [0.29, 0.717) is 12.1 Å². The number of fused-ring (bicyclic) bond motifs is 2. The fourth-order valence-electron chi connectivity index (χ4n) is 4.18. The molecule has 0 unspecified atom stereocenters. The Morgan fingerprint density at radius 1 is 1.00 bits per heavy atom. The highest BCUT2D eigenvalue weighted by molar-refractivity contribution is 5.93. The molecule has 0 amide bonds. The zero-order valence-electron chi connectivity index (χ0n) is 17.0. The van der Waals surface area contributed by atoms with E-state index >= 15 is 0 Å². The van der Waals surface area contributed by atoms with Gasteiger partial charge in [-0.05, 0) is 68.7 Å². The molecule has 6 nitrogen and oxygen atoms in total. The third-order valence-electron chi connectivity index (χ3n) is 5.71. The molecule has 0 spiro atoms. The number of para-hydroxylation sites is 1. The van der Waals surface area contributed by atoms with Crippen molar-refractivity contribution in [1.82, 2.24) is 9.97 Å². The second-order valence-electron chi connectivity index (χ2n) is 7.85. The molecule has 2 heterocycles. The van der Waals surface area contributed by atoms with Crippen LogP contribution in [0.5, 0.6) is 5.75 Å². The third-order valence-corrected chi connectivity index (χ3v) is 5.71. The van der Waals surface area contributed by atoms with Crippen LogP contribution >= 0.6 is 0 Å². The van der Waals surface area contributed by atoms with Crippen molar-refractivity contribution >= 4 is 22.6 Å². The SMILES string of the molecule is O=C(O)c1nc(CCCCNc2c3c(nc4ccccc24)CCCCC3)ccc1O. The minimum Gasteiger partial charge on any atom is -0.505 e. The van der Waals surface area contributed by atoms with Crippen LogP contribution in [0.25, 0.3) is 10.9 Å². The van der Waals surface area contributed by atoms with Crippen molar-refractivity contribution in [1.29, 1.82) is 0 Å². The number of rotatable bonds is 7. The molecule has 0 atom stereocenters. The monoisotopic (exact) mass is 405 g/mol. The average Bonchev–Trinajstić information content (AvgIpc) is 2.99. The van der Waals surface area contributed by atoms with Gasteiger partial charge in [-0.1, -0.05) is 24.6 Å². The summed E-state index contributed by atoms with van der Waals surface area (Å²) in [6, 6.07) is 11.4. The number of nitrogens with zero attached hydrogens (tertiary/aromatic N) is 2. The molecule has 6 heteroatoms. The van der Waals surface area contributed by atoms with Crippen LogP contribution in [0.2, 0.25) is 0 Å². The number of aromatic nitrogens is 2. The molecule has 0 fully saturated rings. The summed E-state index contributed by atoms with van der Waals surface area (Å²) < 4.78 is 0. The summed E-state index contributed by atoms with van der Waals surface area (Å²) in [5.41, 5.74) is 5.30. The fourth-order valence-corrected chi connectivity index (χ4v) is 4.18. The minimum absolute atomic E-state index is 0.281. The number of anilines is 1. The Hall–Kier alpha value is -3.15. The van der Waals surface area contributed by atoms with E-state index in [-0.39, 0.29) is 11.4 Å². The molecule has 1 aromatic carbocycles. The molecule has 0 saturated heterocycles. The smallest absolute Gasteiger partial charge is 0.358 e. The maximum Gasteiger partial charge on any atom is 0.358 e. The number of aromatic carboxylic acids is 1. The number of hydrogen-bond donors (Lipinski definition) is 3. The molecule has 2 aromatic heterocycles. The molecule has 0 aliphatic heterocycles. The highest BCUT2D eigenvalue weighted by Crippen LogP contribution is 2.32. The van der Waals surface area contributed by atoms with E-state index in [1.807, 2.05) is 6.07 Å². The highest BCUT2D eigenvalue weighted by Gasteiger charge is 2.17. The second-order valence-corrected chi connectivity index (χ2v) is 7.85. The van der Waals surface area contributed by atoms with Crippen molar-refractivity contribution in [3.63, 3.8) is 0 Å². The average molecular weight is 405 g/mol. The molecule has 0 radical (unpaired) electrons. The second kappa shape index (κ2) is 9.11. The van der Waals surface area contributed by atoms with E-state index in [1.165, 1.54) is 47.7 Å². The number of pyridine rings is 2. The summed E-state index contributed by atoms with van der Waals surface area (Å²) in [6.07, 6.45) is 8.29. The maximum atomic E-state index is 11.1. The number of aromatic hydroxyl groups is 1. The van der Waals surface area contributed by atoms with Crippen molar-refractivity contribution in [2.45, 2.75) is 51.4 Å². The number of carboxylic acid groups (broad SMARTS) is 1. The first-order valence-corrected chi connectivity index (χ1v) is 10.7. The molecule has 30 heavy (non-hydrogen) atoms. The predicted molar refractivity (Wildman–Crippen MR) is 117 cm³/mol. The van der Waals surface area contributed by atoms with Crippen molar-refractivity contribution < 1.29 is 15.0 Å². The zero-order valence-corrected chi connectivity index (χ0v) is 17.0. The number of hydrogen-bond acceptors (Lipinski definition) is 5. The Bertz CT molecular complexity index is 1060. The van der Waals surface area contributed by atoms with Gasteiger partial charge in [0.1, 0.15) is 5.75 Å². The largest absolute Gasteiger partial charge is 0.505 e. The van der Waals surface area contributed by atoms with Crippen LogP contribution in [0.1, 0.15) is 59.5 Å². The van der Waals surface area contributed by atoms with E-state index in [9.17, 15) is 9.90 Å². The van der Waals surface area contributed by atoms with Crippen LogP contribution in [0, 0.1) is 0 Å². The molecular formula is C24H27N3O3. The maximum absolute atomic E-state index is 11.1. The van der Waals surface area contributed by atoms with Gasteiger partial charge in [0.15, 0.2) is 5.69 Å². The molecule has 0 bridgehead atoms. The quantitative estimate of drug-likeness (QED) is 0.388. The first-order valence-electron chi connectivity index (χ1n) is 10.7. The van der Waals surface area contributed by atoms with E-state index in [0.717, 1.165) is 37.7 Å². The lowest BCUT2D eigenvalue weighted by molar-refractivity contribution is 0.0686. The summed E-state index contributed by atoms with van der Waals surface area (Å²) in [5, 5.41) is 23.5. The van der Waals surface area contributed by atoms with Gasteiger partial charge in [-0.3, -0.25) is 4.98 Å². The Labute approximate surface area is 176 Å². The third kappa shape index (κ3) is 4.37. The van der Waals surface area contributed by atoms with Crippen LogP contribution in [0.4, 0.5) is 5.69 Å². The van der Waals surface area contributed by atoms with Gasteiger partial charge in [-0.25, -0.2) is 9.78 Å². The summed E-state index contributed by atoms with van der Waals surface area (Å²) in [7, 11) is 0. The van der Waals surface area contributed by atoms with Gasteiger partial charge in [0.25, 0.3) is 0 Å². The van der Waals surface area contributed by atoms with Crippen molar-refractivity contribution in [3.8, 4) is 5.75 Å². The van der Waals surface area contributed by atoms with Crippen LogP contribution in [-0.2, 0) is 19.3 Å². The lowest BCUT2D eigenvalue weighted by Gasteiger charge is -2.17. The fraction of sp³-hybridized carbons (Fsp3) is 0.375. The number of unbranched alkanes of at least 4 members (excludes halogenated alkanes) is 1. The normalized spacial score (nSPS) is 13.6. The summed E-state index contributed by atoms with van der Waals surface area (Å²) in [4.78, 5) is 20.1. The first-order chi connectivity index (χ1) is 14.6. The van der Waals surface area contributed by atoms with Crippen LogP contribution in [0.15, 0.2) is 36.4 Å². The van der Waals surface area contributed by atoms with Crippen LogP contribution in [0.3, 0.4) is 0 Å². The van der Waals surface area contributed by atoms with Crippen LogP contribution < -0.4 is 5.32 Å². The minimum atomic E-state index is -1.21.